The van der Waals surface area contributed by atoms with E-state index in [1.165, 1.54) is 26.4 Å². The van der Waals surface area contributed by atoms with E-state index in [0.717, 1.165) is 0 Å². The Morgan fingerprint density at radius 3 is 2.68 bits per heavy atom. The van der Waals surface area contributed by atoms with E-state index in [2.05, 4.69) is 10.1 Å². The van der Waals surface area contributed by atoms with Gasteiger partial charge in [0, 0.05) is 6.07 Å². The number of amides is 1. The molecule has 0 aliphatic carbocycles. The number of fused-ring (bicyclic) bond motifs is 1. The molecule has 1 N–H and O–H groups in total. The van der Waals surface area contributed by atoms with Gasteiger partial charge in [-0.25, -0.2) is 4.79 Å². The van der Waals surface area contributed by atoms with Gasteiger partial charge in [0.25, 0.3) is 5.91 Å². The van der Waals surface area contributed by atoms with E-state index in [1.807, 2.05) is 0 Å². The third-order valence-electron chi connectivity index (χ3n) is 2.66. The van der Waals surface area contributed by atoms with Gasteiger partial charge in [0.15, 0.2) is 11.5 Å². The van der Waals surface area contributed by atoms with Crippen LogP contribution in [0, 0.1) is 0 Å². The number of hydrogen-bond acceptors (Lipinski definition) is 5. The predicted octanol–water partition coefficient (Wildman–Crippen LogP) is 1.72. The highest BCUT2D eigenvalue weighted by Crippen LogP contribution is 2.38. The van der Waals surface area contributed by atoms with E-state index < -0.39 is 11.9 Å². The molecule has 1 aliphatic heterocycles. The number of anilines is 1. The van der Waals surface area contributed by atoms with Crippen molar-refractivity contribution in [1.29, 1.82) is 0 Å². The molecule has 1 aromatic rings. The number of rotatable bonds is 2. The van der Waals surface area contributed by atoms with Crippen molar-refractivity contribution in [3.63, 3.8) is 0 Å². The molecule has 100 valence electrons. The second-order valence-electron chi connectivity index (χ2n) is 3.75. The number of carbonyl (C=O) groups excluding carboxylic acids is 2. The lowest BCUT2D eigenvalue weighted by Gasteiger charge is -2.22. The maximum absolute atomic E-state index is 11.7. The van der Waals surface area contributed by atoms with Gasteiger partial charge in [0.05, 0.1) is 25.5 Å². The van der Waals surface area contributed by atoms with Gasteiger partial charge in [0.2, 0.25) is 0 Å². The zero-order valence-corrected chi connectivity index (χ0v) is 10.8. The topological polar surface area (TPSA) is 73.9 Å². The molecule has 1 amide bonds. The molecule has 1 aliphatic rings. The van der Waals surface area contributed by atoms with E-state index in [0.29, 0.717) is 11.5 Å². The first-order valence-corrected chi connectivity index (χ1v) is 5.56. The van der Waals surface area contributed by atoms with Gasteiger partial charge >= 0.3 is 5.97 Å². The normalized spacial score (nSPS) is 15.3. The van der Waals surface area contributed by atoms with Gasteiger partial charge in [-0.1, -0.05) is 0 Å². The molecule has 0 unspecified atom stereocenters. The summed E-state index contributed by atoms with van der Waals surface area (Å²) in [5.74, 6) is -0.0527. The zero-order valence-electron chi connectivity index (χ0n) is 10.8. The summed E-state index contributed by atoms with van der Waals surface area (Å²) >= 11 is 0. The van der Waals surface area contributed by atoms with Crippen molar-refractivity contribution < 1.29 is 23.8 Å². The van der Waals surface area contributed by atoms with Gasteiger partial charge in [-0.05, 0) is 19.1 Å². The summed E-state index contributed by atoms with van der Waals surface area (Å²) in [6.07, 6.45) is 1.54. The van der Waals surface area contributed by atoms with Gasteiger partial charge in [-0.3, -0.25) is 4.79 Å². The molecule has 19 heavy (non-hydrogen) atoms. The molecular formula is C13H13NO5. The SMILES string of the molecule is C/C=C1/Oc2cc(OC)cc(C(=O)OC)c2NC1=O. The average Bonchev–Trinajstić information content (AvgIpc) is 2.44. The Hall–Kier alpha value is -2.50. The van der Waals surface area contributed by atoms with Crippen LogP contribution in [0.1, 0.15) is 17.3 Å². The van der Waals surface area contributed by atoms with Crippen LogP contribution in [0.25, 0.3) is 0 Å². The number of nitrogens with one attached hydrogen (secondary N) is 1. The first-order chi connectivity index (χ1) is 9.10. The van der Waals surface area contributed by atoms with E-state index in [1.54, 1.807) is 13.0 Å². The molecular weight excluding hydrogens is 250 g/mol. The molecule has 0 atom stereocenters. The lowest BCUT2D eigenvalue weighted by molar-refractivity contribution is -0.115. The number of hydrogen-bond donors (Lipinski definition) is 1. The van der Waals surface area contributed by atoms with Crippen LogP contribution in [-0.4, -0.2) is 26.1 Å². The quantitative estimate of drug-likeness (QED) is 0.649. The molecule has 2 rings (SSSR count). The molecule has 0 radical (unpaired) electrons. The third kappa shape index (κ3) is 2.24. The Balaban J connectivity index is 2.59. The van der Waals surface area contributed by atoms with E-state index in [-0.39, 0.29) is 17.0 Å². The van der Waals surface area contributed by atoms with Crippen LogP contribution < -0.4 is 14.8 Å². The smallest absolute Gasteiger partial charge is 0.340 e. The monoisotopic (exact) mass is 263 g/mol. The summed E-state index contributed by atoms with van der Waals surface area (Å²) in [6, 6.07) is 3.07. The predicted molar refractivity (Wildman–Crippen MR) is 67.3 cm³/mol. The van der Waals surface area contributed by atoms with Crippen molar-refractivity contribution in [3.05, 3.63) is 29.5 Å². The molecule has 0 saturated carbocycles. The third-order valence-corrected chi connectivity index (χ3v) is 2.66. The molecule has 0 saturated heterocycles. The highest BCUT2D eigenvalue weighted by atomic mass is 16.5. The largest absolute Gasteiger partial charge is 0.497 e. The minimum Gasteiger partial charge on any atom is -0.497 e. The van der Waals surface area contributed by atoms with Gasteiger partial charge in [-0.2, -0.15) is 0 Å². The van der Waals surface area contributed by atoms with E-state index in [9.17, 15) is 9.59 Å². The van der Waals surface area contributed by atoms with E-state index in [4.69, 9.17) is 9.47 Å². The van der Waals surface area contributed by atoms with Crippen LogP contribution in [0.5, 0.6) is 11.5 Å². The maximum atomic E-state index is 11.7. The molecule has 0 bridgehead atoms. The first-order valence-electron chi connectivity index (χ1n) is 5.56. The Labute approximate surface area is 110 Å². The lowest BCUT2D eigenvalue weighted by atomic mass is 10.1. The molecule has 6 nitrogen and oxygen atoms in total. The van der Waals surface area contributed by atoms with Crippen molar-refractivity contribution >= 4 is 17.6 Å². The van der Waals surface area contributed by atoms with Gasteiger partial charge in [0.1, 0.15) is 5.75 Å². The number of carbonyl (C=O) groups is 2. The summed E-state index contributed by atoms with van der Waals surface area (Å²) < 4.78 is 15.2. The molecule has 1 aromatic carbocycles. The molecule has 6 heteroatoms. The van der Waals surface area contributed by atoms with Crippen LogP contribution in [0.3, 0.4) is 0 Å². The summed E-state index contributed by atoms with van der Waals surface area (Å²) in [6.45, 7) is 1.68. The summed E-state index contributed by atoms with van der Waals surface area (Å²) in [7, 11) is 2.73. The fraction of sp³-hybridized carbons (Fsp3) is 0.231. The molecule has 1 heterocycles. The Morgan fingerprint density at radius 1 is 1.37 bits per heavy atom. The van der Waals surface area contributed by atoms with Crippen LogP contribution >= 0.6 is 0 Å². The maximum Gasteiger partial charge on any atom is 0.340 e. The fourth-order valence-electron chi connectivity index (χ4n) is 1.72. The van der Waals surface area contributed by atoms with Crippen molar-refractivity contribution in [1.82, 2.24) is 0 Å². The Bertz CT molecular complexity index is 577. The molecule has 0 aromatic heterocycles. The summed E-state index contributed by atoms with van der Waals surface area (Å²) in [5, 5.41) is 2.61. The number of allylic oxidation sites excluding steroid dienone is 1. The highest BCUT2D eigenvalue weighted by Gasteiger charge is 2.27. The minimum atomic E-state index is -0.581. The zero-order chi connectivity index (χ0) is 14.0. The Morgan fingerprint density at radius 2 is 2.11 bits per heavy atom. The van der Waals surface area contributed by atoms with E-state index >= 15 is 0 Å². The van der Waals surface area contributed by atoms with Crippen molar-refractivity contribution in [2.24, 2.45) is 0 Å². The summed E-state index contributed by atoms with van der Waals surface area (Å²) in [4.78, 5) is 23.4. The first kappa shape index (κ1) is 12.9. The lowest BCUT2D eigenvalue weighted by Crippen LogP contribution is -2.25. The molecule has 0 fully saturated rings. The second-order valence-corrected chi connectivity index (χ2v) is 3.75. The Kier molecular flexibility index (Phi) is 3.41. The van der Waals surface area contributed by atoms with Gasteiger partial charge in [-0.15, -0.1) is 0 Å². The van der Waals surface area contributed by atoms with Crippen LogP contribution in [0.2, 0.25) is 0 Å². The molecule has 0 spiro atoms. The van der Waals surface area contributed by atoms with Crippen LogP contribution in [-0.2, 0) is 9.53 Å². The summed E-state index contributed by atoms with van der Waals surface area (Å²) in [5.41, 5.74) is 0.462. The van der Waals surface area contributed by atoms with Crippen molar-refractivity contribution in [2.75, 3.05) is 19.5 Å². The van der Waals surface area contributed by atoms with Crippen molar-refractivity contribution in [3.8, 4) is 11.5 Å². The number of ether oxygens (including phenoxy) is 3. The standard InChI is InChI=1S/C13H13NO5/c1-4-9-12(15)14-11-8(13(16)18-3)5-7(17-2)6-10(11)19-9/h4-6H,1-3H3,(H,14,15)/b9-4+. The second kappa shape index (κ2) is 5.01. The highest BCUT2D eigenvalue weighted by molar-refractivity contribution is 6.10. The number of benzene rings is 1. The van der Waals surface area contributed by atoms with Gasteiger partial charge < -0.3 is 19.5 Å². The van der Waals surface area contributed by atoms with Crippen molar-refractivity contribution in [2.45, 2.75) is 6.92 Å². The van der Waals surface area contributed by atoms with Crippen LogP contribution in [0.4, 0.5) is 5.69 Å². The average molecular weight is 263 g/mol. The fourth-order valence-corrected chi connectivity index (χ4v) is 1.72. The van der Waals surface area contributed by atoms with Crippen LogP contribution in [0.15, 0.2) is 24.0 Å². The minimum absolute atomic E-state index is 0.163. The number of methoxy groups -OCH3 is 2. The number of esters is 1.